The lowest BCUT2D eigenvalue weighted by Crippen LogP contribution is -2.52. The summed E-state index contributed by atoms with van der Waals surface area (Å²) >= 11 is 0. The molecule has 5 nitrogen and oxygen atoms in total. The molecule has 0 radical (unpaired) electrons. The van der Waals surface area contributed by atoms with Crippen LogP contribution in [0.3, 0.4) is 0 Å². The molecule has 1 aliphatic rings. The minimum Gasteiger partial charge on any atom is -0.380 e. The van der Waals surface area contributed by atoms with Crippen molar-refractivity contribution >= 4 is 11.8 Å². The van der Waals surface area contributed by atoms with Gasteiger partial charge in [0.2, 0.25) is 5.91 Å². The third-order valence-corrected chi connectivity index (χ3v) is 5.71. The summed E-state index contributed by atoms with van der Waals surface area (Å²) in [5, 5.41) is 13.6. The third kappa shape index (κ3) is 5.45. The summed E-state index contributed by atoms with van der Waals surface area (Å²) in [7, 11) is 0. The van der Waals surface area contributed by atoms with Gasteiger partial charge in [-0.05, 0) is 49.4 Å². The van der Waals surface area contributed by atoms with Crippen LogP contribution in [0.1, 0.15) is 36.5 Å². The normalized spacial score (nSPS) is 16.7. The van der Waals surface area contributed by atoms with Crippen molar-refractivity contribution in [1.82, 2.24) is 10.2 Å². The summed E-state index contributed by atoms with van der Waals surface area (Å²) in [4.78, 5) is 26.9. The number of hydrogen-bond donors (Lipinski definition) is 2. The Morgan fingerprint density at radius 2 is 1.80 bits per heavy atom. The Morgan fingerprint density at radius 1 is 1.13 bits per heavy atom. The van der Waals surface area contributed by atoms with Gasteiger partial charge in [-0.15, -0.1) is 0 Å². The predicted octanol–water partition coefficient (Wildman–Crippen LogP) is 2.98. The predicted molar refractivity (Wildman–Crippen MR) is 113 cm³/mol. The molecule has 2 amide bonds. The van der Waals surface area contributed by atoms with Crippen molar-refractivity contribution in [3.63, 3.8) is 0 Å². The number of aryl methyl sites for hydroxylation is 1. The molecule has 0 saturated carbocycles. The van der Waals surface area contributed by atoms with Crippen LogP contribution in [0, 0.1) is 18.7 Å². The Balaban J connectivity index is 1.49. The molecule has 0 spiro atoms. The summed E-state index contributed by atoms with van der Waals surface area (Å²) < 4.78 is 13.6. The Hall–Kier alpha value is -2.73. The number of carbonyl (C=O) groups excluding carboxylic acids is 2. The maximum atomic E-state index is 13.6. The minimum atomic E-state index is -1.48. The molecule has 0 aromatic heterocycles. The molecule has 1 aliphatic heterocycles. The van der Waals surface area contributed by atoms with Crippen LogP contribution in [0.5, 0.6) is 0 Å². The van der Waals surface area contributed by atoms with E-state index in [-0.39, 0.29) is 36.5 Å². The SMILES string of the molecule is Cc1ccc(CNC(=O)C2CCN(C(=O)[C@](C)(O)Cc3ccccc3)CC2)cc1F. The van der Waals surface area contributed by atoms with Crippen molar-refractivity contribution in [3.8, 4) is 0 Å². The summed E-state index contributed by atoms with van der Waals surface area (Å²) in [5.41, 5.74) is 0.713. The Kier molecular flexibility index (Phi) is 6.87. The lowest BCUT2D eigenvalue weighted by Gasteiger charge is -2.36. The van der Waals surface area contributed by atoms with E-state index in [0.717, 1.165) is 11.1 Å². The number of carbonyl (C=O) groups is 2. The van der Waals surface area contributed by atoms with Crippen LogP contribution in [0.25, 0.3) is 0 Å². The molecule has 1 atom stereocenters. The second-order valence-electron chi connectivity index (χ2n) is 8.30. The average Bonchev–Trinajstić information content (AvgIpc) is 2.74. The highest BCUT2D eigenvalue weighted by atomic mass is 19.1. The van der Waals surface area contributed by atoms with Gasteiger partial charge < -0.3 is 15.3 Å². The summed E-state index contributed by atoms with van der Waals surface area (Å²) in [6.07, 6.45) is 1.34. The number of benzene rings is 2. The molecule has 2 aromatic carbocycles. The highest BCUT2D eigenvalue weighted by molar-refractivity contribution is 5.85. The van der Waals surface area contributed by atoms with Gasteiger partial charge in [-0.2, -0.15) is 0 Å². The molecular weight excluding hydrogens is 383 g/mol. The number of piperidine rings is 1. The van der Waals surface area contributed by atoms with Gasteiger partial charge in [0, 0.05) is 32.0 Å². The van der Waals surface area contributed by atoms with Crippen molar-refractivity contribution < 1.29 is 19.1 Å². The van der Waals surface area contributed by atoms with Crippen molar-refractivity contribution in [1.29, 1.82) is 0 Å². The molecule has 1 heterocycles. The van der Waals surface area contributed by atoms with Gasteiger partial charge >= 0.3 is 0 Å². The van der Waals surface area contributed by atoms with Crippen molar-refractivity contribution in [2.24, 2.45) is 5.92 Å². The quantitative estimate of drug-likeness (QED) is 0.766. The van der Waals surface area contributed by atoms with E-state index >= 15 is 0 Å². The number of amides is 2. The molecule has 2 N–H and O–H groups in total. The third-order valence-electron chi connectivity index (χ3n) is 5.71. The first-order valence-electron chi connectivity index (χ1n) is 10.3. The van der Waals surface area contributed by atoms with Crippen LogP contribution in [-0.4, -0.2) is 40.5 Å². The standard InChI is InChI=1S/C24H29FN2O3/c1-17-8-9-19(14-21(17)25)16-26-22(28)20-10-12-27(13-11-20)23(29)24(2,30)15-18-6-4-3-5-7-18/h3-9,14,20,30H,10-13,15-16H2,1-2H3,(H,26,28)/t24-/m1/s1. The first-order chi connectivity index (χ1) is 14.3. The Bertz CT molecular complexity index is 891. The summed E-state index contributed by atoms with van der Waals surface area (Å²) in [6, 6.07) is 14.4. The van der Waals surface area contributed by atoms with Gasteiger partial charge in [-0.25, -0.2) is 4.39 Å². The van der Waals surface area contributed by atoms with Gasteiger partial charge in [0.15, 0.2) is 0 Å². The first kappa shape index (κ1) is 22.0. The Morgan fingerprint density at radius 3 is 2.43 bits per heavy atom. The number of rotatable bonds is 6. The highest BCUT2D eigenvalue weighted by Gasteiger charge is 2.37. The largest absolute Gasteiger partial charge is 0.380 e. The summed E-state index contributed by atoms with van der Waals surface area (Å²) in [5.74, 6) is -0.862. The topological polar surface area (TPSA) is 69.6 Å². The number of halogens is 1. The molecule has 2 aromatic rings. The summed E-state index contributed by atoms with van der Waals surface area (Å²) in [6.45, 7) is 4.38. The van der Waals surface area contributed by atoms with E-state index in [2.05, 4.69) is 5.32 Å². The fourth-order valence-corrected chi connectivity index (χ4v) is 3.83. The van der Waals surface area contributed by atoms with E-state index < -0.39 is 5.60 Å². The van der Waals surface area contributed by atoms with Gasteiger partial charge in [0.25, 0.3) is 5.91 Å². The van der Waals surface area contributed by atoms with Crippen LogP contribution in [0.4, 0.5) is 4.39 Å². The van der Waals surface area contributed by atoms with E-state index in [1.165, 1.54) is 6.07 Å². The van der Waals surface area contributed by atoms with Crippen LogP contribution < -0.4 is 5.32 Å². The molecule has 30 heavy (non-hydrogen) atoms. The fourth-order valence-electron chi connectivity index (χ4n) is 3.83. The lowest BCUT2D eigenvalue weighted by atomic mass is 9.91. The number of likely N-dealkylation sites (tertiary alicyclic amines) is 1. The van der Waals surface area contributed by atoms with E-state index in [4.69, 9.17) is 0 Å². The molecular formula is C24H29FN2O3. The van der Waals surface area contributed by atoms with Gasteiger partial charge in [-0.3, -0.25) is 9.59 Å². The van der Waals surface area contributed by atoms with Crippen LogP contribution >= 0.6 is 0 Å². The van der Waals surface area contributed by atoms with E-state index in [0.29, 0.717) is 31.5 Å². The first-order valence-corrected chi connectivity index (χ1v) is 10.3. The van der Waals surface area contributed by atoms with E-state index in [1.54, 1.807) is 30.9 Å². The minimum absolute atomic E-state index is 0.0841. The zero-order valence-electron chi connectivity index (χ0n) is 17.5. The lowest BCUT2D eigenvalue weighted by molar-refractivity contribution is -0.151. The molecule has 1 saturated heterocycles. The van der Waals surface area contributed by atoms with Crippen LogP contribution in [0.15, 0.2) is 48.5 Å². The molecule has 0 aliphatic carbocycles. The zero-order valence-corrected chi connectivity index (χ0v) is 17.5. The maximum absolute atomic E-state index is 13.6. The highest BCUT2D eigenvalue weighted by Crippen LogP contribution is 2.23. The Labute approximate surface area is 176 Å². The smallest absolute Gasteiger partial charge is 0.254 e. The molecule has 160 valence electrons. The van der Waals surface area contributed by atoms with Crippen LogP contribution in [0.2, 0.25) is 0 Å². The molecule has 0 bridgehead atoms. The van der Waals surface area contributed by atoms with Crippen molar-refractivity contribution in [2.75, 3.05) is 13.1 Å². The number of aliphatic hydroxyl groups is 1. The van der Waals surface area contributed by atoms with E-state index in [1.807, 2.05) is 30.3 Å². The zero-order chi connectivity index (χ0) is 21.7. The number of nitrogens with one attached hydrogen (secondary N) is 1. The molecule has 0 unspecified atom stereocenters. The van der Waals surface area contributed by atoms with Gasteiger partial charge in [-0.1, -0.05) is 42.5 Å². The molecule has 1 fully saturated rings. The van der Waals surface area contributed by atoms with E-state index in [9.17, 15) is 19.1 Å². The van der Waals surface area contributed by atoms with Crippen molar-refractivity contribution in [2.45, 2.75) is 45.3 Å². The molecule has 3 rings (SSSR count). The van der Waals surface area contributed by atoms with Gasteiger partial charge in [0.05, 0.1) is 0 Å². The fraction of sp³-hybridized carbons (Fsp3) is 0.417. The van der Waals surface area contributed by atoms with Crippen molar-refractivity contribution in [3.05, 3.63) is 71.0 Å². The van der Waals surface area contributed by atoms with Gasteiger partial charge in [0.1, 0.15) is 11.4 Å². The molecule has 6 heteroatoms. The second kappa shape index (κ2) is 9.39. The second-order valence-corrected chi connectivity index (χ2v) is 8.30. The number of nitrogens with zero attached hydrogens (tertiary/aromatic N) is 1. The monoisotopic (exact) mass is 412 g/mol. The number of hydrogen-bond acceptors (Lipinski definition) is 3. The van der Waals surface area contributed by atoms with Crippen LogP contribution in [-0.2, 0) is 22.6 Å². The average molecular weight is 413 g/mol. The maximum Gasteiger partial charge on any atom is 0.254 e.